The summed E-state index contributed by atoms with van der Waals surface area (Å²) in [6, 6.07) is 31.3. The van der Waals surface area contributed by atoms with Crippen LogP contribution in [0.1, 0.15) is 31.8 Å². The molecule has 2 heterocycles. The van der Waals surface area contributed by atoms with Crippen molar-refractivity contribution in [3.8, 4) is 0 Å². The number of fused-ring (bicyclic) bond motifs is 2. The number of ketones is 2. The SMILES string of the molecule is O=C(Cc1ccc(Nc2ccc(CC(=O)c3ccc4cc[nH]c4c3)cc2)cc1)c1ccc2cc[nH]c2c1. The average Bonchev–Trinajstić information content (AvgIpc) is 3.59. The lowest BCUT2D eigenvalue weighted by molar-refractivity contribution is 0.0985. The van der Waals surface area contributed by atoms with Crippen molar-refractivity contribution in [2.24, 2.45) is 0 Å². The molecule has 0 spiro atoms. The van der Waals surface area contributed by atoms with E-state index < -0.39 is 0 Å². The first-order valence-corrected chi connectivity index (χ1v) is 12.3. The number of hydrogen-bond acceptors (Lipinski definition) is 3. The van der Waals surface area contributed by atoms with Crippen LogP contribution >= 0.6 is 0 Å². The van der Waals surface area contributed by atoms with Gasteiger partial charge in [0, 0.05) is 58.8 Å². The zero-order chi connectivity index (χ0) is 25.2. The molecule has 0 aliphatic carbocycles. The van der Waals surface area contributed by atoms with Crippen LogP contribution in [0, 0.1) is 0 Å². The number of carbonyl (C=O) groups is 2. The van der Waals surface area contributed by atoms with E-state index in [1.807, 2.05) is 109 Å². The highest BCUT2D eigenvalue weighted by Crippen LogP contribution is 2.21. The molecule has 3 N–H and O–H groups in total. The Hall–Kier alpha value is -4.90. The summed E-state index contributed by atoms with van der Waals surface area (Å²) in [6.45, 7) is 0. The number of benzene rings is 4. The molecule has 180 valence electrons. The number of anilines is 2. The lowest BCUT2D eigenvalue weighted by Gasteiger charge is -2.09. The second kappa shape index (κ2) is 9.63. The molecular weight excluding hydrogens is 458 g/mol. The van der Waals surface area contributed by atoms with Crippen LogP contribution in [0.5, 0.6) is 0 Å². The molecule has 0 bridgehead atoms. The maximum atomic E-state index is 12.7. The number of hydrogen-bond donors (Lipinski definition) is 3. The van der Waals surface area contributed by atoms with Crippen LogP contribution in [0.15, 0.2) is 109 Å². The number of aromatic amines is 2. The van der Waals surface area contributed by atoms with Gasteiger partial charge < -0.3 is 15.3 Å². The smallest absolute Gasteiger partial charge is 0.167 e. The van der Waals surface area contributed by atoms with E-state index in [9.17, 15) is 9.59 Å². The Bertz CT molecular complexity index is 1590. The molecule has 4 aromatic carbocycles. The lowest BCUT2D eigenvalue weighted by Crippen LogP contribution is -2.04. The summed E-state index contributed by atoms with van der Waals surface area (Å²) >= 11 is 0. The van der Waals surface area contributed by atoms with Crippen LogP contribution in [0.25, 0.3) is 21.8 Å². The highest BCUT2D eigenvalue weighted by Gasteiger charge is 2.10. The average molecular weight is 484 g/mol. The van der Waals surface area contributed by atoms with E-state index in [4.69, 9.17) is 0 Å². The molecule has 2 aromatic heterocycles. The molecule has 0 aliphatic heterocycles. The third-order valence-corrected chi connectivity index (χ3v) is 6.68. The maximum absolute atomic E-state index is 12.7. The van der Waals surface area contributed by atoms with Crippen LogP contribution in [0.4, 0.5) is 11.4 Å². The van der Waals surface area contributed by atoms with Gasteiger partial charge in [-0.25, -0.2) is 0 Å². The first-order chi connectivity index (χ1) is 18.1. The summed E-state index contributed by atoms with van der Waals surface area (Å²) < 4.78 is 0. The van der Waals surface area contributed by atoms with E-state index in [1.165, 1.54) is 0 Å². The second-order valence-corrected chi connectivity index (χ2v) is 9.28. The molecule has 0 saturated heterocycles. The Morgan fingerprint density at radius 1 is 0.541 bits per heavy atom. The summed E-state index contributed by atoms with van der Waals surface area (Å²) in [4.78, 5) is 31.8. The Morgan fingerprint density at radius 3 is 1.41 bits per heavy atom. The normalized spacial score (nSPS) is 11.1. The number of H-pyrrole nitrogens is 2. The van der Waals surface area contributed by atoms with Crippen molar-refractivity contribution in [1.29, 1.82) is 0 Å². The van der Waals surface area contributed by atoms with Crippen LogP contribution in [0.3, 0.4) is 0 Å². The standard InChI is InChI=1S/C32H25N3O2/c36-31(25-7-5-23-13-15-33-29(23)19-25)17-21-1-9-27(10-2-21)35-28-11-3-22(4-12-28)18-32(37)26-8-6-24-14-16-34-30(24)20-26/h1-16,19-20,33-35H,17-18H2. The number of aromatic nitrogens is 2. The van der Waals surface area contributed by atoms with E-state index in [-0.39, 0.29) is 11.6 Å². The largest absolute Gasteiger partial charge is 0.361 e. The fraction of sp³-hybridized carbons (Fsp3) is 0.0625. The fourth-order valence-electron chi connectivity index (χ4n) is 4.60. The first kappa shape index (κ1) is 22.6. The van der Waals surface area contributed by atoms with Crippen LogP contribution in [0.2, 0.25) is 0 Å². The van der Waals surface area contributed by atoms with E-state index in [0.29, 0.717) is 24.0 Å². The third-order valence-electron chi connectivity index (χ3n) is 6.68. The minimum atomic E-state index is 0.0927. The molecule has 0 amide bonds. The molecular formula is C32H25N3O2. The van der Waals surface area contributed by atoms with Gasteiger partial charge in [0.05, 0.1) is 0 Å². The highest BCUT2D eigenvalue weighted by atomic mass is 16.1. The summed E-state index contributed by atoms with van der Waals surface area (Å²) in [7, 11) is 0. The van der Waals surface area contributed by atoms with Crippen molar-refractivity contribution in [2.75, 3.05) is 5.32 Å². The molecule has 0 fully saturated rings. The van der Waals surface area contributed by atoms with E-state index in [2.05, 4.69) is 15.3 Å². The molecule has 0 aliphatic rings. The number of carbonyl (C=O) groups excluding carboxylic acids is 2. The van der Waals surface area contributed by atoms with Crippen molar-refractivity contribution < 1.29 is 9.59 Å². The van der Waals surface area contributed by atoms with Gasteiger partial charge in [0.2, 0.25) is 0 Å². The predicted octanol–water partition coefficient (Wildman–Crippen LogP) is 7.24. The Balaban J connectivity index is 1.06. The molecule has 0 atom stereocenters. The summed E-state index contributed by atoms with van der Waals surface area (Å²) in [5.41, 5.74) is 7.17. The van der Waals surface area contributed by atoms with E-state index in [1.54, 1.807) is 0 Å². The first-order valence-electron chi connectivity index (χ1n) is 12.3. The number of rotatable bonds is 8. The highest BCUT2D eigenvalue weighted by molar-refractivity contribution is 6.01. The van der Waals surface area contributed by atoms with E-state index >= 15 is 0 Å². The molecule has 5 heteroatoms. The van der Waals surface area contributed by atoms with Crippen LogP contribution in [-0.4, -0.2) is 21.5 Å². The monoisotopic (exact) mass is 483 g/mol. The topological polar surface area (TPSA) is 77.8 Å². The zero-order valence-corrected chi connectivity index (χ0v) is 20.1. The summed E-state index contributed by atoms with van der Waals surface area (Å²) in [5, 5.41) is 5.58. The molecule has 0 radical (unpaired) electrons. The Morgan fingerprint density at radius 2 is 0.973 bits per heavy atom. The summed E-state index contributed by atoms with van der Waals surface area (Å²) in [5.74, 6) is 0.185. The van der Waals surface area contributed by atoms with Gasteiger partial charge in [0.1, 0.15) is 0 Å². The number of Topliss-reactive ketones (excluding diaryl/α,β-unsaturated/α-hetero) is 2. The quantitative estimate of drug-likeness (QED) is 0.200. The lowest BCUT2D eigenvalue weighted by atomic mass is 10.0. The summed E-state index contributed by atoms with van der Waals surface area (Å²) in [6.07, 6.45) is 4.46. The van der Waals surface area contributed by atoms with Gasteiger partial charge in [-0.2, -0.15) is 0 Å². The van der Waals surface area contributed by atoms with Crippen molar-refractivity contribution >= 4 is 44.7 Å². The Kier molecular flexibility index (Phi) is 5.87. The second-order valence-electron chi connectivity index (χ2n) is 9.28. The van der Waals surface area contributed by atoms with Gasteiger partial charge in [-0.15, -0.1) is 0 Å². The molecule has 0 unspecified atom stereocenters. The molecule has 6 rings (SSSR count). The molecule has 5 nitrogen and oxygen atoms in total. The van der Waals surface area contributed by atoms with Gasteiger partial charge in [0.15, 0.2) is 11.6 Å². The van der Waals surface area contributed by atoms with Crippen molar-refractivity contribution in [1.82, 2.24) is 9.97 Å². The third kappa shape index (κ3) is 4.93. The van der Waals surface area contributed by atoms with Gasteiger partial charge in [-0.1, -0.05) is 48.5 Å². The Labute approximate surface area is 214 Å². The van der Waals surface area contributed by atoms with E-state index in [0.717, 1.165) is 44.3 Å². The maximum Gasteiger partial charge on any atom is 0.167 e. The molecule has 37 heavy (non-hydrogen) atoms. The molecule has 6 aromatic rings. The van der Waals surface area contributed by atoms with Gasteiger partial charge in [-0.05, 0) is 70.4 Å². The molecule has 0 saturated carbocycles. The zero-order valence-electron chi connectivity index (χ0n) is 20.1. The van der Waals surface area contributed by atoms with Crippen molar-refractivity contribution in [3.63, 3.8) is 0 Å². The van der Waals surface area contributed by atoms with Crippen LogP contribution in [-0.2, 0) is 12.8 Å². The van der Waals surface area contributed by atoms with Crippen LogP contribution < -0.4 is 5.32 Å². The minimum absolute atomic E-state index is 0.0927. The fourth-order valence-corrected chi connectivity index (χ4v) is 4.60. The van der Waals surface area contributed by atoms with Gasteiger partial charge in [0.25, 0.3) is 0 Å². The number of nitrogens with one attached hydrogen (secondary N) is 3. The predicted molar refractivity (Wildman–Crippen MR) is 149 cm³/mol. The van der Waals surface area contributed by atoms with Crippen molar-refractivity contribution in [3.05, 3.63) is 132 Å². The van der Waals surface area contributed by atoms with Gasteiger partial charge >= 0.3 is 0 Å². The minimum Gasteiger partial charge on any atom is -0.361 e. The van der Waals surface area contributed by atoms with Gasteiger partial charge in [-0.3, -0.25) is 9.59 Å². The van der Waals surface area contributed by atoms with Crippen molar-refractivity contribution in [2.45, 2.75) is 12.8 Å².